The Morgan fingerprint density at radius 1 is 1.29 bits per heavy atom. The van der Waals surface area contributed by atoms with E-state index in [1.807, 2.05) is 6.92 Å². The molecule has 0 saturated heterocycles. The second kappa shape index (κ2) is 7.53. The van der Waals surface area contributed by atoms with Gasteiger partial charge in [0.05, 0.1) is 6.54 Å². The van der Waals surface area contributed by atoms with E-state index in [0.717, 1.165) is 6.42 Å². The molecule has 0 unspecified atom stereocenters. The molecule has 0 fully saturated rings. The molecule has 1 atom stereocenters. The van der Waals surface area contributed by atoms with Crippen LogP contribution in [0.3, 0.4) is 0 Å². The Kier molecular flexibility index (Phi) is 7.18. The van der Waals surface area contributed by atoms with E-state index in [4.69, 9.17) is 0 Å². The maximum atomic E-state index is 12.3. The maximum absolute atomic E-state index is 12.3. The van der Waals surface area contributed by atoms with Crippen LogP contribution in [-0.2, 0) is 4.79 Å². The molecule has 0 aliphatic heterocycles. The zero-order chi connectivity index (χ0) is 13.5. The average Bonchev–Trinajstić information content (AvgIpc) is 2.24. The first kappa shape index (κ1) is 16.2. The van der Waals surface area contributed by atoms with Crippen molar-refractivity contribution in [3.05, 3.63) is 0 Å². The molecular weight excluding hydrogens is 233 g/mol. The van der Waals surface area contributed by atoms with E-state index in [-0.39, 0.29) is 12.6 Å². The van der Waals surface area contributed by atoms with Crippen molar-refractivity contribution in [2.75, 3.05) is 26.7 Å². The second-order valence-electron chi connectivity index (χ2n) is 4.16. The number of carbonyl (C=O) groups is 1. The molecule has 0 aromatic carbocycles. The monoisotopic (exact) mass is 254 g/mol. The van der Waals surface area contributed by atoms with Crippen molar-refractivity contribution in [3.8, 4) is 0 Å². The molecule has 6 heteroatoms. The number of carbonyl (C=O) groups excluding carboxylic acids is 1. The van der Waals surface area contributed by atoms with Gasteiger partial charge in [-0.1, -0.05) is 20.3 Å². The van der Waals surface area contributed by atoms with Gasteiger partial charge >= 0.3 is 6.18 Å². The van der Waals surface area contributed by atoms with Crippen LogP contribution in [0.2, 0.25) is 0 Å². The minimum Gasteiger partial charge on any atom is -0.344 e. The molecule has 0 aromatic heterocycles. The Morgan fingerprint density at radius 2 is 1.88 bits per heavy atom. The predicted molar refractivity (Wildman–Crippen MR) is 60.7 cm³/mol. The van der Waals surface area contributed by atoms with Gasteiger partial charge in [-0.05, 0) is 13.0 Å². The SMILES string of the molecule is CCC[C@@H](CN(CC)CC(F)(F)F)N(C)C=O. The van der Waals surface area contributed by atoms with Crippen LogP contribution < -0.4 is 0 Å². The summed E-state index contributed by atoms with van der Waals surface area (Å²) in [5, 5.41) is 0. The van der Waals surface area contributed by atoms with Gasteiger partial charge in [0.2, 0.25) is 6.41 Å². The summed E-state index contributed by atoms with van der Waals surface area (Å²) in [5.74, 6) is 0. The number of hydrogen-bond acceptors (Lipinski definition) is 2. The lowest BCUT2D eigenvalue weighted by Gasteiger charge is -2.31. The number of likely N-dealkylation sites (N-methyl/N-ethyl adjacent to an activating group) is 2. The normalized spacial score (nSPS) is 13.8. The Bertz CT molecular complexity index is 221. The molecule has 0 aliphatic carbocycles. The van der Waals surface area contributed by atoms with Crippen molar-refractivity contribution in [2.24, 2.45) is 0 Å². The molecule has 1 amide bonds. The summed E-state index contributed by atoms with van der Waals surface area (Å²) >= 11 is 0. The molecule has 0 spiro atoms. The van der Waals surface area contributed by atoms with E-state index in [2.05, 4.69) is 0 Å². The van der Waals surface area contributed by atoms with Crippen LogP contribution in [0.25, 0.3) is 0 Å². The van der Waals surface area contributed by atoms with Gasteiger partial charge in [0, 0.05) is 19.6 Å². The van der Waals surface area contributed by atoms with Crippen LogP contribution >= 0.6 is 0 Å². The van der Waals surface area contributed by atoms with Crippen molar-refractivity contribution >= 4 is 6.41 Å². The number of alkyl halides is 3. The summed E-state index contributed by atoms with van der Waals surface area (Å²) in [5.41, 5.74) is 0. The average molecular weight is 254 g/mol. The van der Waals surface area contributed by atoms with E-state index in [1.165, 1.54) is 9.80 Å². The van der Waals surface area contributed by atoms with Gasteiger partial charge in [-0.25, -0.2) is 0 Å². The smallest absolute Gasteiger partial charge is 0.344 e. The third-order valence-corrected chi connectivity index (χ3v) is 2.68. The third-order valence-electron chi connectivity index (χ3n) is 2.68. The molecule has 0 radical (unpaired) electrons. The molecule has 17 heavy (non-hydrogen) atoms. The molecule has 0 rings (SSSR count). The van der Waals surface area contributed by atoms with E-state index in [9.17, 15) is 18.0 Å². The molecule has 0 N–H and O–H groups in total. The highest BCUT2D eigenvalue weighted by molar-refractivity contribution is 5.47. The van der Waals surface area contributed by atoms with Crippen molar-refractivity contribution in [1.82, 2.24) is 9.80 Å². The zero-order valence-corrected chi connectivity index (χ0v) is 10.6. The van der Waals surface area contributed by atoms with Crippen LogP contribution in [0.15, 0.2) is 0 Å². The van der Waals surface area contributed by atoms with Gasteiger partial charge in [-0.3, -0.25) is 9.69 Å². The minimum absolute atomic E-state index is 0.153. The molecule has 0 aliphatic rings. The van der Waals surface area contributed by atoms with Crippen molar-refractivity contribution in [1.29, 1.82) is 0 Å². The summed E-state index contributed by atoms with van der Waals surface area (Å²) in [6.45, 7) is 3.31. The van der Waals surface area contributed by atoms with Crippen LogP contribution in [0.4, 0.5) is 13.2 Å². The second-order valence-corrected chi connectivity index (χ2v) is 4.16. The van der Waals surface area contributed by atoms with Crippen molar-refractivity contribution in [3.63, 3.8) is 0 Å². The highest BCUT2D eigenvalue weighted by atomic mass is 19.4. The van der Waals surface area contributed by atoms with Gasteiger partial charge in [0.25, 0.3) is 0 Å². The Morgan fingerprint density at radius 3 is 2.24 bits per heavy atom. The standard InChI is InChI=1S/C11H21F3N2O/c1-4-6-10(15(3)9-17)7-16(5-2)8-11(12,13)14/h9-10H,4-8H2,1-3H3/t10-/m0/s1. The fourth-order valence-electron chi connectivity index (χ4n) is 1.70. The van der Waals surface area contributed by atoms with Gasteiger partial charge in [-0.2, -0.15) is 13.2 Å². The molecule has 3 nitrogen and oxygen atoms in total. The first-order valence-corrected chi connectivity index (χ1v) is 5.80. The third kappa shape index (κ3) is 7.20. The van der Waals surface area contributed by atoms with Gasteiger partial charge in [-0.15, -0.1) is 0 Å². The minimum atomic E-state index is -4.19. The summed E-state index contributed by atoms with van der Waals surface area (Å²) in [7, 11) is 1.61. The highest BCUT2D eigenvalue weighted by Crippen LogP contribution is 2.17. The lowest BCUT2D eigenvalue weighted by atomic mass is 10.1. The number of rotatable bonds is 8. The topological polar surface area (TPSA) is 23.6 Å². The molecular formula is C11H21F3N2O. The fourth-order valence-corrected chi connectivity index (χ4v) is 1.70. The zero-order valence-electron chi connectivity index (χ0n) is 10.6. The number of amides is 1. The van der Waals surface area contributed by atoms with E-state index < -0.39 is 12.7 Å². The van der Waals surface area contributed by atoms with E-state index in [0.29, 0.717) is 19.4 Å². The Hall–Kier alpha value is -0.780. The van der Waals surface area contributed by atoms with Crippen LogP contribution in [0, 0.1) is 0 Å². The van der Waals surface area contributed by atoms with Gasteiger partial charge in [0.1, 0.15) is 0 Å². The molecule has 0 aromatic rings. The Labute approximate surface area is 101 Å². The molecule has 0 bridgehead atoms. The first-order chi connectivity index (χ1) is 7.84. The summed E-state index contributed by atoms with van der Waals surface area (Å²) in [6.07, 6.45) is -1.97. The van der Waals surface area contributed by atoms with E-state index in [1.54, 1.807) is 14.0 Å². The summed E-state index contributed by atoms with van der Waals surface area (Å²) < 4.78 is 36.9. The van der Waals surface area contributed by atoms with Crippen LogP contribution in [-0.4, -0.2) is 55.1 Å². The summed E-state index contributed by atoms with van der Waals surface area (Å²) in [6, 6.07) is -0.153. The van der Waals surface area contributed by atoms with Gasteiger partial charge in [0.15, 0.2) is 0 Å². The first-order valence-electron chi connectivity index (χ1n) is 5.80. The maximum Gasteiger partial charge on any atom is 0.401 e. The fraction of sp³-hybridized carbons (Fsp3) is 0.909. The lowest BCUT2D eigenvalue weighted by molar-refractivity contribution is -0.147. The quantitative estimate of drug-likeness (QED) is 0.619. The predicted octanol–water partition coefficient (Wildman–Crippen LogP) is 2.13. The van der Waals surface area contributed by atoms with Crippen LogP contribution in [0.1, 0.15) is 26.7 Å². The van der Waals surface area contributed by atoms with Crippen LogP contribution in [0.5, 0.6) is 0 Å². The largest absolute Gasteiger partial charge is 0.401 e. The Balaban J connectivity index is 4.42. The van der Waals surface area contributed by atoms with Crippen molar-refractivity contribution < 1.29 is 18.0 Å². The molecule has 0 saturated carbocycles. The lowest BCUT2D eigenvalue weighted by Crippen LogP contribution is -2.44. The van der Waals surface area contributed by atoms with Crippen molar-refractivity contribution in [2.45, 2.75) is 38.9 Å². The number of halogens is 3. The van der Waals surface area contributed by atoms with E-state index >= 15 is 0 Å². The highest BCUT2D eigenvalue weighted by Gasteiger charge is 2.31. The molecule has 0 heterocycles. The number of hydrogen-bond donors (Lipinski definition) is 0. The summed E-state index contributed by atoms with van der Waals surface area (Å²) in [4.78, 5) is 13.4. The van der Waals surface area contributed by atoms with Gasteiger partial charge < -0.3 is 4.90 Å². The number of nitrogens with zero attached hydrogens (tertiary/aromatic N) is 2. The molecule has 102 valence electrons.